The molecule has 0 aliphatic heterocycles. The smallest absolute Gasteiger partial charge is 0.138 e. The Kier molecular flexibility index (Phi) is 3.12. The summed E-state index contributed by atoms with van der Waals surface area (Å²) in [5.74, 6) is 1.61. The largest absolute Gasteiger partial charge is 0.361 e. The molecule has 0 unspecified atom stereocenters. The van der Waals surface area contributed by atoms with Crippen molar-refractivity contribution in [1.82, 2.24) is 5.16 Å². The van der Waals surface area contributed by atoms with Crippen LogP contribution in [0, 0.1) is 0 Å². The zero-order valence-corrected chi connectivity index (χ0v) is 7.64. The van der Waals surface area contributed by atoms with Gasteiger partial charge in [0.05, 0.1) is 5.69 Å². The molecule has 1 aromatic rings. The van der Waals surface area contributed by atoms with Crippen molar-refractivity contribution in [2.24, 2.45) is 5.73 Å². The van der Waals surface area contributed by atoms with Crippen molar-refractivity contribution in [3.8, 4) is 0 Å². The van der Waals surface area contributed by atoms with Gasteiger partial charge in [0.2, 0.25) is 0 Å². The highest BCUT2D eigenvalue weighted by Gasteiger charge is 2.26. The Morgan fingerprint density at radius 2 is 2.33 bits per heavy atom. The van der Waals surface area contributed by atoms with Gasteiger partial charge in [-0.1, -0.05) is 5.16 Å². The van der Waals surface area contributed by atoms with E-state index in [2.05, 4.69) is 5.16 Å². The lowest BCUT2D eigenvalue weighted by atomic mass is 10.2. The number of aromatic nitrogens is 1. The first-order valence-corrected chi connectivity index (χ1v) is 4.05. The van der Waals surface area contributed by atoms with E-state index in [1.807, 2.05) is 6.07 Å². The van der Waals surface area contributed by atoms with Gasteiger partial charge in [-0.15, -0.1) is 12.4 Å². The number of halogens is 1. The van der Waals surface area contributed by atoms with Crippen LogP contribution in [0.15, 0.2) is 10.6 Å². The second-order valence-corrected chi connectivity index (χ2v) is 3.03. The number of hydrogen-bond donors (Lipinski definition) is 1. The summed E-state index contributed by atoms with van der Waals surface area (Å²) in [7, 11) is 0. The van der Waals surface area contributed by atoms with Crippen molar-refractivity contribution in [1.29, 1.82) is 0 Å². The standard InChI is InChI=1S/C8H12N2O.ClH/c9-4-3-7-5-8(10-11-7)6-1-2-6;/h5-6H,1-4,9H2;1H. The van der Waals surface area contributed by atoms with Gasteiger partial charge in [-0.05, 0) is 19.4 Å². The zero-order valence-electron chi connectivity index (χ0n) is 6.82. The van der Waals surface area contributed by atoms with Crippen molar-refractivity contribution in [3.63, 3.8) is 0 Å². The average Bonchev–Trinajstić information content (AvgIpc) is 2.75. The van der Waals surface area contributed by atoms with Gasteiger partial charge in [0.25, 0.3) is 0 Å². The summed E-state index contributed by atoms with van der Waals surface area (Å²) in [6.07, 6.45) is 3.35. The van der Waals surface area contributed by atoms with Crippen LogP contribution in [-0.2, 0) is 6.42 Å². The highest BCUT2D eigenvalue weighted by molar-refractivity contribution is 5.85. The molecule has 0 spiro atoms. The number of nitrogens with zero attached hydrogens (tertiary/aromatic N) is 1. The quantitative estimate of drug-likeness (QED) is 0.782. The fourth-order valence-corrected chi connectivity index (χ4v) is 1.16. The fraction of sp³-hybridized carbons (Fsp3) is 0.625. The summed E-state index contributed by atoms with van der Waals surface area (Å²) in [4.78, 5) is 0. The Bertz CT molecular complexity index is 245. The third-order valence-electron chi connectivity index (χ3n) is 1.96. The van der Waals surface area contributed by atoms with Gasteiger partial charge in [-0.2, -0.15) is 0 Å². The summed E-state index contributed by atoms with van der Waals surface area (Å²) in [6.45, 7) is 0.638. The van der Waals surface area contributed by atoms with E-state index in [1.165, 1.54) is 12.8 Å². The third-order valence-corrected chi connectivity index (χ3v) is 1.96. The van der Waals surface area contributed by atoms with E-state index in [1.54, 1.807) is 0 Å². The molecule has 0 radical (unpaired) electrons. The molecular weight excluding hydrogens is 176 g/mol. The van der Waals surface area contributed by atoms with E-state index >= 15 is 0 Å². The SMILES string of the molecule is Cl.NCCc1cc(C2CC2)no1. The first-order chi connectivity index (χ1) is 5.40. The molecule has 3 nitrogen and oxygen atoms in total. The summed E-state index contributed by atoms with van der Waals surface area (Å²) < 4.78 is 5.08. The van der Waals surface area contributed by atoms with E-state index in [4.69, 9.17) is 10.3 Å². The third kappa shape index (κ3) is 1.99. The van der Waals surface area contributed by atoms with Gasteiger partial charge >= 0.3 is 0 Å². The van der Waals surface area contributed by atoms with E-state index in [9.17, 15) is 0 Å². The Morgan fingerprint density at radius 1 is 1.58 bits per heavy atom. The molecule has 0 aromatic carbocycles. The number of rotatable bonds is 3. The van der Waals surface area contributed by atoms with Crippen molar-refractivity contribution in [2.45, 2.75) is 25.2 Å². The van der Waals surface area contributed by atoms with Gasteiger partial charge < -0.3 is 10.3 Å². The Hall–Kier alpha value is -0.540. The second kappa shape index (κ2) is 3.92. The van der Waals surface area contributed by atoms with Crippen LogP contribution in [0.5, 0.6) is 0 Å². The van der Waals surface area contributed by atoms with Crippen LogP contribution in [-0.4, -0.2) is 11.7 Å². The molecule has 0 bridgehead atoms. The maximum Gasteiger partial charge on any atom is 0.138 e. The molecule has 1 heterocycles. The summed E-state index contributed by atoms with van der Waals surface area (Å²) >= 11 is 0. The van der Waals surface area contributed by atoms with Crippen LogP contribution in [0.25, 0.3) is 0 Å². The molecule has 1 fully saturated rings. The minimum absolute atomic E-state index is 0. The maximum atomic E-state index is 5.37. The normalized spacial score (nSPS) is 15.8. The van der Waals surface area contributed by atoms with Gasteiger partial charge in [0.1, 0.15) is 5.76 Å². The topological polar surface area (TPSA) is 52.0 Å². The van der Waals surface area contributed by atoms with Crippen LogP contribution in [0.2, 0.25) is 0 Å². The predicted octanol–water partition coefficient (Wildman–Crippen LogP) is 1.48. The molecule has 12 heavy (non-hydrogen) atoms. The first kappa shape index (κ1) is 9.55. The van der Waals surface area contributed by atoms with Gasteiger partial charge in [0.15, 0.2) is 0 Å². The van der Waals surface area contributed by atoms with Crippen molar-refractivity contribution in [3.05, 3.63) is 17.5 Å². The van der Waals surface area contributed by atoms with Crippen molar-refractivity contribution >= 4 is 12.4 Å². The highest BCUT2D eigenvalue weighted by Crippen LogP contribution is 2.39. The molecule has 2 rings (SSSR count). The van der Waals surface area contributed by atoms with Crippen LogP contribution in [0.4, 0.5) is 0 Å². The van der Waals surface area contributed by atoms with Crippen LogP contribution in [0.1, 0.15) is 30.2 Å². The predicted molar refractivity (Wildman–Crippen MR) is 48.5 cm³/mol. The molecule has 0 saturated heterocycles. The van der Waals surface area contributed by atoms with Crippen molar-refractivity contribution in [2.75, 3.05) is 6.54 Å². The lowest BCUT2D eigenvalue weighted by Gasteiger charge is -1.84. The van der Waals surface area contributed by atoms with E-state index in [0.29, 0.717) is 12.5 Å². The minimum atomic E-state index is 0. The lowest BCUT2D eigenvalue weighted by molar-refractivity contribution is 0.378. The molecule has 1 aliphatic rings. The minimum Gasteiger partial charge on any atom is -0.361 e. The van der Waals surface area contributed by atoms with Gasteiger partial charge in [0, 0.05) is 18.4 Å². The Labute approximate surface area is 77.7 Å². The molecule has 1 saturated carbocycles. The van der Waals surface area contributed by atoms with E-state index < -0.39 is 0 Å². The molecular formula is C8H13ClN2O. The summed E-state index contributed by atoms with van der Waals surface area (Å²) in [5, 5.41) is 3.97. The van der Waals surface area contributed by atoms with Crippen LogP contribution >= 0.6 is 12.4 Å². The Balaban J connectivity index is 0.000000720. The highest BCUT2D eigenvalue weighted by atomic mass is 35.5. The summed E-state index contributed by atoms with van der Waals surface area (Å²) in [5.41, 5.74) is 6.49. The average molecular weight is 189 g/mol. The number of nitrogens with two attached hydrogens (primary N) is 1. The number of hydrogen-bond acceptors (Lipinski definition) is 3. The first-order valence-electron chi connectivity index (χ1n) is 4.05. The summed E-state index contributed by atoms with van der Waals surface area (Å²) in [6, 6.07) is 2.03. The van der Waals surface area contributed by atoms with Crippen molar-refractivity contribution < 1.29 is 4.52 Å². The molecule has 1 aliphatic carbocycles. The fourth-order valence-electron chi connectivity index (χ4n) is 1.16. The Morgan fingerprint density at radius 3 is 2.92 bits per heavy atom. The zero-order chi connectivity index (χ0) is 7.68. The molecule has 0 amide bonds. The molecule has 4 heteroatoms. The maximum absolute atomic E-state index is 5.37. The van der Waals surface area contributed by atoms with Gasteiger partial charge in [-0.3, -0.25) is 0 Å². The second-order valence-electron chi connectivity index (χ2n) is 3.03. The molecule has 68 valence electrons. The van der Waals surface area contributed by atoms with E-state index in [-0.39, 0.29) is 12.4 Å². The monoisotopic (exact) mass is 188 g/mol. The van der Waals surface area contributed by atoms with Gasteiger partial charge in [-0.25, -0.2) is 0 Å². The van der Waals surface area contributed by atoms with Crippen LogP contribution in [0.3, 0.4) is 0 Å². The molecule has 1 aromatic heterocycles. The molecule has 2 N–H and O–H groups in total. The van der Waals surface area contributed by atoms with E-state index in [0.717, 1.165) is 17.9 Å². The van der Waals surface area contributed by atoms with Crippen LogP contribution < -0.4 is 5.73 Å². The molecule has 0 atom stereocenters. The lowest BCUT2D eigenvalue weighted by Crippen LogP contribution is -2.01.